The summed E-state index contributed by atoms with van der Waals surface area (Å²) >= 11 is 0. The molecule has 210 valence electrons. The van der Waals surface area contributed by atoms with Gasteiger partial charge < -0.3 is 25.2 Å². The van der Waals surface area contributed by atoms with Crippen LogP contribution >= 0.6 is 0 Å². The summed E-state index contributed by atoms with van der Waals surface area (Å²) in [6, 6.07) is 0. The van der Waals surface area contributed by atoms with Crippen LogP contribution in [-0.4, -0.2) is 57.4 Å². The number of methoxy groups -OCH3 is 1. The van der Waals surface area contributed by atoms with E-state index < -0.39 is 41.0 Å². The van der Waals surface area contributed by atoms with E-state index in [1.165, 1.54) is 11.1 Å². The van der Waals surface area contributed by atoms with Crippen LogP contribution in [-0.2, 0) is 9.53 Å². The molecule has 9 atom stereocenters. The van der Waals surface area contributed by atoms with Crippen molar-refractivity contribution in [3.8, 4) is 0 Å². The maximum absolute atomic E-state index is 12.6. The summed E-state index contributed by atoms with van der Waals surface area (Å²) in [5, 5.41) is 43.4. The molecule has 0 radical (unpaired) electrons. The average Bonchev–Trinajstić information content (AvgIpc) is 3.02. The average molecular weight is 519 g/mol. The zero-order chi connectivity index (χ0) is 27.8. The number of carboxylic acids is 1. The van der Waals surface area contributed by atoms with Gasteiger partial charge in [0.2, 0.25) is 0 Å². The van der Waals surface area contributed by atoms with Gasteiger partial charge >= 0.3 is 5.97 Å². The summed E-state index contributed by atoms with van der Waals surface area (Å²) in [7, 11) is 1.55. The van der Waals surface area contributed by atoms with Crippen molar-refractivity contribution >= 4 is 5.97 Å². The first kappa shape index (κ1) is 28.8. The number of hydrogen-bond acceptors (Lipinski definition) is 5. The molecule has 4 N–H and O–H groups in total. The molecule has 6 nitrogen and oxygen atoms in total. The number of carbonyl (C=O) groups is 1. The van der Waals surface area contributed by atoms with Crippen molar-refractivity contribution in [2.45, 2.75) is 117 Å². The van der Waals surface area contributed by atoms with Gasteiger partial charge in [-0.05, 0) is 92.1 Å². The molecule has 9 unspecified atom stereocenters. The second kappa shape index (κ2) is 9.18. The lowest BCUT2D eigenvalue weighted by atomic mass is 9.44. The maximum atomic E-state index is 12.6. The van der Waals surface area contributed by atoms with E-state index in [9.17, 15) is 25.2 Å². The fourth-order valence-corrected chi connectivity index (χ4v) is 9.10. The van der Waals surface area contributed by atoms with Crippen molar-refractivity contribution in [3.05, 3.63) is 23.3 Å². The van der Waals surface area contributed by atoms with E-state index in [0.29, 0.717) is 18.8 Å². The molecule has 37 heavy (non-hydrogen) atoms. The third-order valence-electron chi connectivity index (χ3n) is 12.1. The van der Waals surface area contributed by atoms with Gasteiger partial charge in [0.15, 0.2) is 0 Å². The SMILES string of the molecule is COC(C)(C)C(O)CCC(C(=O)O)C1C(O)CC2(C)C3=CCC4C(C)(CCC(O)C4(C)C)C3=CCC12C. The lowest BCUT2D eigenvalue weighted by Crippen LogP contribution is -2.54. The first-order valence-electron chi connectivity index (χ1n) is 14.2. The predicted octanol–water partition coefficient (Wildman–Crippen LogP) is 5.11. The minimum Gasteiger partial charge on any atom is -0.481 e. The van der Waals surface area contributed by atoms with E-state index in [2.05, 4.69) is 46.8 Å². The molecule has 0 spiro atoms. The highest BCUT2D eigenvalue weighted by Gasteiger charge is 2.66. The Hall–Kier alpha value is -1.21. The Morgan fingerprint density at radius 2 is 1.76 bits per heavy atom. The van der Waals surface area contributed by atoms with E-state index in [4.69, 9.17) is 4.74 Å². The number of aliphatic carboxylic acids is 1. The Morgan fingerprint density at radius 1 is 1.11 bits per heavy atom. The van der Waals surface area contributed by atoms with E-state index in [-0.39, 0.29) is 28.8 Å². The highest BCUT2D eigenvalue weighted by atomic mass is 16.5. The van der Waals surface area contributed by atoms with Gasteiger partial charge in [-0.3, -0.25) is 4.79 Å². The summed E-state index contributed by atoms with van der Waals surface area (Å²) in [4.78, 5) is 12.6. The van der Waals surface area contributed by atoms with Crippen LogP contribution in [0.3, 0.4) is 0 Å². The number of aliphatic hydroxyl groups excluding tert-OH is 3. The molecular weight excluding hydrogens is 468 g/mol. The molecule has 0 heterocycles. The summed E-state index contributed by atoms with van der Waals surface area (Å²) in [6.07, 6.45) is 7.33. The number of aliphatic hydroxyl groups is 3. The first-order valence-corrected chi connectivity index (χ1v) is 14.2. The fraction of sp³-hybridized carbons (Fsp3) is 0.839. The molecule has 0 saturated heterocycles. The molecule has 0 aromatic rings. The van der Waals surface area contributed by atoms with E-state index >= 15 is 0 Å². The van der Waals surface area contributed by atoms with Crippen LogP contribution < -0.4 is 0 Å². The minimum atomic E-state index is -0.903. The minimum absolute atomic E-state index is 0.0394. The van der Waals surface area contributed by atoms with Crippen LogP contribution in [0.15, 0.2) is 23.3 Å². The van der Waals surface area contributed by atoms with Crippen molar-refractivity contribution in [1.29, 1.82) is 0 Å². The van der Waals surface area contributed by atoms with Gasteiger partial charge in [0, 0.05) is 18.4 Å². The van der Waals surface area contributed by atoms with Gasteiger partial charge in [-0.15, -0.1) is 0 Å². The monoisotopic (exact) mass is 518 g/mol. The van der Waals surface area contributed by atoms with Crippen molar-refractivity contribution in [3.63, 3.8) is 0 Å². The highest BCUT2D eigenvalue weighted by molar-refractivity contribution is 5.71. The van der Waals surface area contributed by atoms with Gasteiger partial charge in [-0.1, -0.05) is 46.8 Å². The summed E-state index contributed by atoms with van der Waals surface area (Å²) in [6.45, 7) is 14.8. The van der Waals surface area contributed by atoms with Crippen LogP contribution in [0.5, 0.6) is 0 Å². The Morgan fingerprint density at radius 3 is 2.35 bits per heavy atom. The maximum Gasteiger partial charge on any atom is 0.306 e. The molecule has 0 aromatic heterocycles. The highest BCUT2D eigenvalue weighted by Crippen LogP contribution is 2.71. The van der Waals surface area contributed by atoms with Crippen molar-refractivity contribution in [1.82, 2.24) is 0 Å². The van der Waals surface area contributed by atoms with Crippen LogP contribution in [0.4, 0.5) is 0 Å². The third-order valence-corrected chi connectivity index (χ3v) is 12.1. The van der Waals surface area contributed by atoms with Gasteiger partial charge in [-0.2, -0.15) is 0 Å². The first-order chi connectivity index (χ1) is 17.0. The number of rotatable bonds is 7. The van der Waals surface area contributed by atoms with Crippen LogP contribution in [0, 0.1) is 39.4 Å². The zero-order valence-corrected chi connectivity index (χ0v) is 24.2. The van der Waals surface area contributed by atoms with Crippen LogP contribution in [0.1, 0.15) is 93.4 Å². The molecule has 4 aliphatic carbocycles. The topological polar surface area (TPSA) is 107 Å². The number of ether oxygens (including phenoxy) is 1. The zero-order valence-electron chi connectivity index (χ0n) is 24.2. The lowest BCUT2D eigenvalue weighted by molar-refractivity contribution is -0.149. The van der Waals surface area contributed by atoms with Crippen LogP contribution in [0.25, 0.3) is 0 Å². The molecule has 0 bridgehead atoms. The number of allylic oxidation sites excluding steroid dienone is 4. The standard InChI is InChI=1S/C31H50O6/c1-27(2)22-11-10-20-19(29(22,5)15-14-23(27)33)13-16-30(6)25(21(32)17-31(20,30)7)18(26(35)36)9-12-24(34)28(3,4)37-8/h10,13,18,21-25,32-34H,9,11-12,14-17H2,1-8H3,(H,35,36). The lowest BCUT2D eigenvalue weighted by Gasteiger charge is -2.61. The second-order valence-corrected chi connectivity index (χ2v) is 14.4. The van der Waals surface area contributed by atoms with Gasteiger partial charge in [0.1, 0.15) is 0 Å². The molecular formula is C31H50O6. The number of hydrogen-bond donors (Lipinski definition) is 4. The summed E-state index contributed by atoms with van der Waals surface area (Å²) in [5.41, 5.74) is 0.910. The molecule has 0 aromatic carbocycles. The molecule has 0 aliphatic heterocycles. The Kier molecular flexibility index (Phi) is 7.14. The van der Waals surface area contributed by atoms with Crippen LogP contribution in [0.2, 0.25) is 0 Å². The van der Waals surface area contributed by atoms with E-state index in [1.54, 1.807) is 21.0 Å². The number of carboxylic acid groups (broad SMARTS) is 1. The largest absolute Gasteiger partial charge is 0.481 e. The van der Waals surface area contributed by atoms with Crippen molar-refractivity contribution in [2.24, 2.45) is 39.4 Å². The molecule has 4 aliphatic rings. The van der Waals surface area contributed by atoms with Crippen molar-refractivity contribution in [2.75, 3.05) is 7.11 Å². The Bertz CT molecular complexity index is 980. The summed E-state index contributed by atoms with van der Waals surface area (Å²) < 4.78 is 5.42. The second-order valence-electron chi connectivity index (χ2n) is 14.4. The molecule has 6 heteroatoms. The van der Waals surface area contributed by atoms with Gasteiger partial charge in [-0.25, -0.2) is 0 Å². The van der Waals surface area contributed by atoms with E-state index in [0.717, 1.165) is 25.7 Å². The van der Waals surface area contributed by atoms with Crippen molar-refractivity contribution < 1.29 is 30.0 Å². The Labute approximate surface area is 223 Å². The van der Waals surface area contributed by atoms with E-state index in [1.807, 2.05) is 0 Å². The molecule has 0 amide bonds. The number of fused-ring (bicyclic) bond motifs is 5. The molecule has 2 fully saturated rings. The predicted molar refractivity (Wildman–Crippen MR) is 144 cm³/mol. The van der Waals surface area contributed by atoms with Gasteiger partial charge in [0.05, 0.1) is 29.8 Å². The summed E-state index contributed by atoms with van der Waals surface area (Å²) in [5.74, 6) is -1.73. The fourth-order valence-electron chi connectivity index (χ4n) is 9.10. The molecule has 4 rings (SSSR count). The quantitative estimate of drug-likeness (QED) is 0.373. The third kappa shape index (κ3) is 4.08. The smallest absolute Gasteiger partial charge is 0.306 e. The Balaban J connectivity index is 1.69. The van der Waals surface area contributed by atoms with Gasteiger partial charge in [0.25, 0.3) is 0 Å². The normalized spacial score (nSPS) is 42.6. The molecule has 2 saturated carbocycles.